The van der Waals surface area contributed by atoms with Gasteiger partial charge in [-0.25, -0.2) is 0 Å². The van der Waals surface area contributed by atoms with Crippen LogP contribution >= 0.6 is 0 Å². The molecule has 0 aliphatic heterocycles. The molecule has 0 amide bonds. The van der Waals surface area contributed by atoms with Crippen molar-refractivity contribution in [3.05, 3.63) is 396 Å². The van der Waals surface area contributed by atoms with Crippen LogP contribution in [0, 0.1) is 107 Å². The van der Waals surface area contributed by atoms with Crippen molar-refractivity contribution in [2.75, 3.05) is 0 Å². The maximum Gasteiger partial charge on any atom is 3.00 e. The number of pyridine rings is 9. The zero-order valence-corrected chi connectivity index (χ0v) is 81.3. The quantitative estimate of drug-likeness (QED) is 0.0735. The Morgan fingerprint density at radius 3 is 0.915 bits per heavy atom. The number of hydrogen-bond acceptors (Lipinski definition) is 12. The summed E-state index contributed by atoms with van der Waals surface area (Å²) < 4.78 is 56.9. The number of aryl methyl sites for hydroxylation is 6. The Hall–Kier alpha value is -13.0. The van der Waals surface area contributed by atoms with E-state index < -0.39 is 23.3 Å². The van der Waals surface area contributed by atoms with Crippen LogP contribution in [0.1, 0.15) is 106 Å². The molecule has 0 N–H and O–H groups in total. The van der Waals surface area contributed by atoms with Crippen LogP contribution < -0.4 is 15.3 Å². The fourth-order valence-corrected chi connectivity index (χ4v) is 13.0. The summed E-state index contributed by atoms with van der Waals surface area (Å²) in [6, 6.07) is 96.2. The van der Waals surface area contributed by atoms with Crippen molar-refractivity contribution < 1.29 is 77.9 Å². The van der Waals surface area contributed by atoms with E-state index in [0.29, 0.717) is 28.7 Å². The fourth-order valence-electron chi connectivity index (χ4n) is 13.0. The van der Waals surface area contributed by atoms with Crippen molar-refractivity contribution in [1.82, 2.24) is 75.4 Å². The van der Waals surface area contributed by atoms with Gasteiger partial charge >= 0.3 is 60.3 Å². The smallest absolute Gasteiger partial charge is 0.574 e. The Labute approximate surface area is 798 Å². The van der Waals surface area contributed by atoms with Gasteiger partial charge in [-0.2, -0.15) is 0 Å². The predicted octanol–water partition coefficient (Wildman–Crippen LogP) is 24.7. The minimum Gasteiger partial charge on any atom is -0.574 e. The summed E-state index contributed by atoms with van der Waals surface area (Å²) in [6.07, 6.45) is 10.9. The summed E-state index contributed by atoms with van der Waals surface area (Å²) in [7, 11) is 0. The predicted molar refractivity (Wildman–Crippen MR) is 495 cm³/mol. The van der Waals surface area contributed by atoms with Crippen LogP contribution in [0.4, 0.5) is 17.6 Å². The zero-order valence-electron chi connectivity index (χ0n) is 74.1. The molecule has 18 rings (SSSR count). The van der Waals surface area contributed by atoms with Crippen LogP contribution in [0.25, 0.3) is 135 Å². The molecule has 0 fully saturated rings. The second-order valence-electron chi connectivity index (χ2n) is 32.7. The Morgan fingerprint density at radius 2 is 0.608 bits per heavy atom. The van der Waals surface area contributed by atoms with E-state index in [1.165, 1.54) is 22.3 Å². The van der Waals surface area contributed by atoms with E-state index in [-0.39, 0.29) is 93.4 Å². The van der Waals surface area contributed by atoms with Gasteiger partial charge in [-0.1, -0.05) is 260 Å². The van der Waals surface area contributed by atoms with Crippen LogP contribution in [0.15, 0.2) is 286 Å². The summed E-state index contributed by atoms with van der Waals surface area (Å²) in [5, 5.41) is 24.4. The van der Waals surface area contributed by atoms with Gasteiger partial charge in [0.05, 0.1) is 23.3 Å². The Kier molecular flexibility index (Phi) is 35.3. The van der Waals surface area contributed by atoms with Gasteiger partial charge in [0.25, 0.3) is 0 Å². The third-order valence-corrected chi connectivity index (χ3v) is 19.8. The van der Waals surface area contributed by atoms with Gasteiger partial charge in [-0.15, -0.1) is 142 Å². The molecule has 0 atom stereocenters. The molecule has 654 valence electrons. The summed E-state index contributed by atoms with van der Waals surface area (Å²) in [5.74, 6) is -2.28. The number of hydrogen-bond donors (Lipinski definition) is 0. The molecule has 22 heteroatoms. The molecular formula is C108H92F4Ir3N15. The van der Waals surface area contributed by atoms with Crippen LogP contribution in [0.3, 0.4) is 0 Å². The number of rotatable bonds is 14. The average molecular weight is 2250 g/mol. The molecule has 0 aliphatic carbocycles. The second kappa shape index (κ2) is 46.3. The normalized spacial score (nSPS) is 10.8. The molecule has 0 saturated heterocycles. The van der Waals surface area contributed by atoms with Crippen molar-refractivity contribution in [1.29, 1.82) is 0 Å². The largest absolute Gasteiger partial charge is 3.00 e. The maximum atomic E-state index is 14.6. The van der Waals surface area contributed by atoms with Crippen molar-refractivity contribution in [2.24, 2.45) is 5.92 Å². The number of nitrogens with zero attached hydrogens (tertiary/aromatic N) is 15. The molecule has 0 bridgehead atoms. The average Bonchev–Trinajstić information content (AvgIpc) is 1.00. The number of halogens is 4. The standard InChI is InChI=1S/C24H25F2N2.C20H19N2.C16H9F2N2.3C16H13N3.3Ir/c1-15(2)10-16-6-8-27-22(11-16)18-13-19(21(26)14-20(18)25)23-12-17(7-9-28-23)24(3,4)5;1-20(2,3)17-13-15(18-8-4-6-10-21-18)12-16(14-17)19-9-5-7-11-22-19;17-13-10-14(18)12(16-6-2-4-8-20-16)9-11(13)15-5-1-3-7-19-15;3*1-11-6-8-13(9-7-11)14-4-3-5-15(17-14)16-10-12(2)18-19-16;;;/h6-9,11-12,14-15H,10H2,1-5H3;4-11,13-14H,1-3H3;1-8,10H;3*3-8,10H,1-2H3;;;/q3*-1;3*-2;3*+3. The SMILES string of the molecule is CC(C)(C)c1cc(-c2ccccn2)[c-]c(-c2ccccn2)c1.CC(C)Cc1ccnc(-c2[c-]c(-c3cc(C(C)(C)C)ccn3)c(F)cc2F)c1.Cc1c[c-]c(-c2cccc(-c3cc(C)n[n-]3)n2)cc1.Cc1c[c-]c(-c2cccc(-c3cc(C)n[n-]3)n2)cc1.Cc1c[c-]c(-c2cccc(-c3cc(C)n[n-]3)n2)cc1.Fc1cc(F)c(-c2ccccn2)[c-]c1-c1ccccn1.[Ir+3].[Ir+3].[Ir+3]. The van der Waals surface area contributed by atoms with Crippen molar-refractivity contribution in [2.45, 2.75) is 114 Å². The maximum absolute atomic E-state index is 14.6. The number of aromatic nitrogens is 15. The minimum absolute atomic E-state index is 0. The molecule has 15 nitrogen and oxygen atoms in total. The number of benzene rings is 6. The summed E-state index contributed by atoms with van der Waals surface area (Å²) in [4.78, 5) is 39.5. The Bertz CT molecular complexity index is 6250. The van der Waals surface area contributed by atoms with Crippen LogP contribution in [-0.2, 0) is 77.6 Å². The van der Waals surface area contributed by atoms with Crippen molar-refractivity contribution >= 4 is 0 Å². The third-order valence-electron chi connectivity index (χ3n) is 19.8. The van der Waals surface area contributed by atoms with Crippen LogP contribution in [0.5, 0.6) is 0 Å². The van der Waals surface area contributed by atoms with Gasteiger partial charge in [0.2, 0.25) is 0 Å². The first-order valence-corrected chi connectivity index (χ1v) is 41.4. The molecule has 6 aromatic carbocycles. The van der Waals surface area contributed by atoms with Gasteiger partial charge in [0.15, 0.2) is 0 Å². The molecule has 0 saturated carbocycles. The Morgan fingerprint density at radius 1 is 0.292 bits per heavy atom. The van der Waals surface area contributed by atoms with Crippen LogP contribution in [0.2, 0.25) is 0 Å². The topological polar surface area (TPSA) is 197 Å². The Balaban J connectivity index is 0.000000162. The third kappa shape index (κ3) is 27.3. The second-order valence-corrected chi connectivity index (χ2v) is 32.7. The molecule has 0 radical (unpaired) electrons. The molecule has 18 aromatic rings. The fraction of sp³-hybridized carbons (Fsp3) is 0.167. The van der Waals surface area contributed by atoms with E-state index in [1.807, 2.05) is 224 Å². The first kappa shape index (κ1) is 99.1. The molecule has 0 aliphatic rings. The van der Waals surface area contributed by atoms with Gasteiger partial charge < -0.3 is 30.6 Å². The molecule has 12 aromatic heterocycles. The van der Waals surface area contributed by atoms with E-state index >= 15 is 0 Å². The monoisotopic (exact) mass is 2250 g/mol. The first-order valence-electron chi connectivity index (χ1n) is 41.4. The van der Waals surface area contributed by atoms with Gasteiger partial charge in [-0.3, -0.25) is 62.4 Å². The summed E-state index contributed by atoms with van der Waals surface area (Å²) in [5.41, 5.74) is 26.4. The van der Waals surface area contributed by atoms with Crippen LogP contribution in [-0.4, -0.2) is 60.2 Å². The molecule has 130 heavy (non-hydrogen) atoms. The van der Waals surface area contributed by atoms with E-state index in [2.05, 4.69) is 198 Å². The molecule has 12 heterocycles. The summed E-state index contributed by atoms with van der Waals surface area (Å²) >= 11 is 0. The summed E-state index contributed by atoms with van der Waals surface area (Å²) in [6.45, 7) is 29.0. The van der Waals surface area contributed by atoms with E-state index in [4.69, 9.17) is 0 Å². The first-order chi connectivity index (χ1) is 61.1. The molecule has 0 unspecified atom stereocenters. The van der Waals surface area contributed by atoms with E-state index in [1.54, 1.807) is 61.2 Å². The zero-order chi connectivity index (χ0) is 89.7. The minimum atomic E-state index is -0.694. The molecular weight excluding hydrogens is 2160 g/mol. The molecule has 0 spiro atoms. The van der Waals surface area contributed by atoms with Crippen molar-refractivity contribution in [3.8, 4) is 135 Å². The van der Waals surface area contributed by atoms with E-state index in [9.17, 15) is 17.6 Å². The van der Waals surface area contributed by atoms with Crippen molar-refractivity contribution in [3.63, 3.8) is 0 Å². The van der Waals surface area contributed by atoms with Gasteiger partial charge in [0.1, 0.15) is 0 Å². The van der Waals surface area contributed by atoms with Gasteiger partial charge in [0, 0.05) is 106 Å². The van der Waals surface area contributed by atoms with E-state index in [0.717, 1.165) is 137 Å². The van der Waals surface area contributed by atoms with Gasteiger partial charge in [-0.05, 0) is 121 Å².